The summed E-state index contributed by atoms with van der Waals surface area (Å²) in [5.41, 5.74) is 5.89. The van der Waals surface area contributed by atoms with E-state index in [1.165, 1.54) is 6.33 Å². The summed E-state index contributed by atoms with van der Waals surface area (Å²) in [6.07, 6.45) is -5.43. The van der Waals surface area contributed by atoms with Gasteiger partial charge >= 0.3 is 6.08 Å². The van der Waals surface area contributed by atoms with Gasteiger partial charge in [0.05, 0.1) is 18.6 Å². The Morgan fingerprint density at radius 2 is 2.19 bits per heavy atom. The monoisotopic (exact) mass is 301 g/mol. The minimum atomic E-state index is -1.81. The van der Waals surface area contributed by atoms with Gasteiger partial charge in [0.15, 0.2) is 18.0 Å². The summed E-state index contributed by atoms with van der Waals surface area (Å²) >= 11 is 0. The molecule has 2 aromatic rings. The van der Waals surface area contributed by atoms with Crippen LogP contribution in [0.1, 0.15) is 11.9 Å². The van der Waals surface area contributed by atoms with E-state index in [2.05, 4.69) is 15.0 Å². The van der Waals surface area contributed by atoms with Crippen LogP contribution >= 0.6 is 0 Å². The van der Waals surface area contributed by atoms with Gasteiger partial charge < -0.3 is 20.7 Å². The van der Waals surface area contributed by atoms with Crippen LogP contribution in [0.2, 0.25) is 0 Å². The number of alkyl halides is 1. The molecule has 1 saturated heterocycles. The summed E-state index contributed by atoms with van der Waals surface area (Å²) in [6.45, 7) is -0.596. The standard InChI is InChI=1S/C11H13F2N5O3/c12-6-8(20)5(2-19)21-10(6)18-3-15-7-4(1-14)16-11(13)17-9(7)18/h3,5-6,8,10,19-20H,1-2,14H2/t5-,6-,8-,10-/m1/s1. The first-order valence-electron chi connectivity index (χ1n) is 6.24. The van der Waals surface area contributed by atoms with E-state index in [4.69, 9.17) is 15.6 Å². The highest BCUT2D eigenvalue weighted by atomic mass is 19.1. The highest BCUT2D eigenvalue weighted by Crippen LogP contribution is 2.33. The van der Waals surface area contributed by atoms with Crippen LogP contribution in [0.3, 0.4) is 0 Å². The summed E-state index contributed by atoms with van der Waals surface area (Å²) in [5.74, 6) is 0. The molecule has 1 fully saturated rings. The summed E-state index contributed by atoms with van der Waals surface area (Å²) in [4.78, 5) is 11.1. The normalized spacial score (nSPS) is 29.4. The van der Waals surface area contributed by atoms with Crippen LogP contribution in [0, 0.1) is 6.08 Å². The molecular formula is C11H13F2N5O3. The van der Waals surface area contributed by atoms with Crippen molar-refractivity contribution in [2.75, 3.05) is 6.61 Å². The van der Waals surface area contributed by atoms with E-state index in [0.29, 0.717) is 0 Å². The molecule has 0 amide bonds. The number of halogens is 2. The van der Waals surface area contributed by atoms with Crippen LogP contribution < -0.4 is 5.73 Å². The van der Waals surface area contributed by atoms with E-state index >= 15 is 0 Å². The number of nitrogens with two attached hydrogens (primary N) is 1. The molecule has 0 radical (unpaired) electrons. The van der Waals surface area contributed by atoms with Crippen molar-refractivity contribution in [3.05, 3.63) is 18.1 Å². The first-order chi connectivity index (χ1) is 10.1. The minimum Gasteiger partial charge on any atom is -0.394 e. The van der Waals surface area contributed by atoms with Crippen molar-refractivity contribution in [1.29, 1.82) is 0 Å². The van der Waals surface area contributed by atoms with Gasteiger partial charge in [-0.25, -0.2) is 14.4 Å². The zero-order chi connectivity index (χ0) is 15.1. The topological polar surface area (TPSA) is 119 Å². The number of ether oxygens (including phenoxy) is 1. The molecule has 1 aliphatic rings. The molecular weight excluding hydrogens is 288 g/mol. The lowest BCUT2D eigenvalue weighted by Crippen LogP contribution is -2.30. The third-order valence-electron chi connectivity index (χ3n) is 3.41. The molecule has 0 spiro atoms. The van der Waals surface area contributed by atoms with E-state index in [0.717, 1.165) is 4.57 Å². The summed E-state index contributed by atoms with van der Waals surface area (Å²) in [5, 5.41) is 18.7. The van der Waals surface area contributed by atoms with E-state index in [1.807, 2.05) is 0 Å². The number of imidazole rings is 1. The largest absolute Gasteiger partial charge is 0.394 e. The fourth-order valence-corrected chi connectivity index (χ4v) is 2.35. The number of aromatic nitrogens is 4. The average Bonchev–Trinajstić information content (AvgIpc) is 3.01. The Morgan fingerprint density at radius 1 is 1.43 bits per heavy atom. The van der Waals surface area contributed by atoms with E-state index in [-0.39, 0.29) is 23.4 Å². The zero-order valence-corrected chi connectivity index (χ0v) is 10.7. The molecule has 0 saturated carbocycles. The number of rotatable bonds is 3. The Bertz CT molecular complexity index is 667. The molecule has 2 aromatic heterocycles. The van der Waals surface area contributed by atoms with Gasteiger partial charge in [0.1, 0.15) is 17.7 Å². The summed E-state index contributed by atoms with van der Waals surface area (Å²) < 4.78 is 33.9. The third-order valence-corrected chi connectivity index (χ3v) is 3.41. The fraction of sp³-hybridized carbons (Fsp3) is 0.545. The van der Waals surface area contributed by atoms with Gasteiger partial charge in [0.2, 0.25) is 0 Å². The van der Waals surface area contributed by atoms with Gasteiger partial charge in [-0.05, 0) is 0 Å². The number of hydrogen-bond donors (Lipinski definition) is 3. The van der Waals surface area contributed by atoms with Gasteiger partial charge in [-0.3, -0.25) is 4.57 Å². The molecule has 8 nitrogen and oxygen atoms in total. The van der Waals surface area contributed by atoms with Crippen LogP contribution in [-0.4, -0.2) is 54.7 Å². The molecule has 3 rings (SSSR count). The molecule has 10 heteroatoms. The predicted molar refractivity (Wildman–Crippen MR) is 65.1 cm³/mol. The van der Waals surface area contributed by atoms with Crippen molar-refractivity contribution < 1.29 is 23.7 Å². The molecule has 4 atom stereocenters. The number of aliphatic hydroxyl groups excluding tert-OH is 2. The molecule has 114 valence electrons. The van der Waals surface area contributed by atoms with Gasteiger partial charge in [0, 0.05) is 6.54 Å². The van der Waals surface area contributed by atoms with E-state index in [9.17, 15) is 13.9 Å². The Morgan fingerprint density at radius 3 is 2.81 bits per heavy atom. The maximum absolute atomic E-state index is 14.1. The number of fused-ring (bicyclic) bond motifs is 1. The lowest BCUT2D eigenvalue weighted by Gasteiger charge is -2.15. The minimum absolute atomic E-state index is 0.0152. The quantitative estimate of drug-likeness (QED) is 0.623. The highest BCUT2D eigenvalue weighted by Gasteiger charge is 2.45. The molecule has 21 heavy (non-hydrogen) atoms. The van der Waals surface area contributed by atoms with Crippen LogP contribution in [0.15, 0.2) is 6.33 Å². The van der Waals surface area contributed by atoms with Gasteiger partial charge in [0.25, 0.3) is 0 Å². The lowest BCUT2D eigenvalue weighted by molar-refractivity contribution is -0.0459. The molecule has 0 unspecified atom stereocenters. The Kier molecular flexibility index (Phi) is 3.53. The summed E-state index contributed by atoms with van der Waals surface area (Å²) in [7, 11) is 0. The second-order valence-electron chi connectivity index (χ2n) is 4.65. The number of nitrogens with zero attached hydrogens (tertiary/aromatic N) is 4. The van der Waals surface area contributed by atoms with Gasteiger partial charge in [-0.2, -0.15) is 9.37 Å². The third kappa shape index (κ3) is 2.16. The van der Waals surface area contributed by atoms with Crippen molar-refractivity contribution in [3.8, 4) is 0 Å². The van der Waals surface area contributed by atoms with Crippen LogP contribution in [0.4, 0.5) is 8.78 Å². The molecule has 0 aromatic carbocycles. The van der Waals surface area contributed by atoms with Gasteiger partial charge in [-0.15, -0.1) is 0 Å². The van der Waals surface area contributed by atoms with Crippen molar-refractivity contribution in [3.63, 3.8) is 0 Å². The second-order valence-corrected chi connectivity index (χ2v) is 4.65. The lowest BCUT2D eigenvalue weighted by atomic mass is 10.1. The zero-order valence-electron chi connectivity index (χ0n) is 10.7. The van der Waals surface area contributed by atoms with Crippen molar-refractivity contribution >= 4 is 11.2 Å². The van der Waals surface area contributed by atoms with Crippen molar-refractivity contribution in [1.82, 2.24) is 19.5 Å². The highest BCUT2D eigenvalue weighted by molar-refractivity contribution is 5.73. The Labute approximate surface area is 117 Å². The predicted octanol–water partition coefficient (Wildman–Crippen LogP) is -0.987. The molecule has 3 heterocycles. The smallest absolute Gasteiger partial charge is 0.310 e. The number of hydrogen-bond acceptors (Lipinski definition) is 7. The Balaban J connectivity index is 2.07. The fourth-order valence-electron chi connectivity index (χ4n) is 2.35. The van der Waals surface area contributed by atoms with Gasteiger partial charge in [-0.1, -0.05) is 0 Å². The maximum Gasteiger partial charge on any atom is 0.310 e. The first-order valence-corrected chi connectivity index (χ1v) is 6.24. The second kappa shape index (κ2) is 5.22. The molecule has 1 aliphatic heterocycles. The van der Waals surface area contributed by atoms with Crippen molar-refractivity contribution in [2.45, 2.75) is 31.2 Å². The SMILES string of the molecule is NCc1nc(F)nc2c1ncn2[C@@H]1O[C@H](CO)[C@@H](O)[C@H]1F. The van der Waals surface area contributed by atoms with Crippen LogP contribution in [0.25, 0.3) is 11.2 Å². The van der Waals surface area contributed by atoms with E-state index in [1.54, 1.807) is 0 Å². The van der Waals surface area contributed by atoms with E-state index < -0.39 is 37.3 Å². The van der Waals surface area contributed by atoms with Crippen LogP contribution in [-0.2, 0) is 11.3 Å². The van der Waals surface area contributed by atoms with Crippen molar-refractivity contribution in [2.24, 2.45) is 5.73 Å². The van der Waals surface area contributed by atoms with Crippen LogP contribution in [0.5, 0.6) is 0 Å². The number of aliphatic hydroxyl groups is 2. The molecule has 0 aliphatic carbocycles. The first kappa shape index (κ1) is 14.2. The molecule has 4 N–H and O–H groups in total. The maximum atomic E-state index is 14.1. The molecule has 0 bridgehead atoms. The summed E-state index contributed by atoms with van der Waals surface area (Å²) in [6, 6.07) is 0. The average molecular weight is 301 g/mol. The Hall–Kier alpha value is -1.75.